The Hall–Kier alpha value is -1.54. The van der Waals surface area contributed by atoms with Crippen LogP contribution in [0.3, 0.4) is 0 Å². The third-order valence-electron chi connectivity index (χ3n) is 3.60. The summed E-state index contributed by atoms with van der Waals surface area (Å²) in [7, 11) is 1.97. The van der Waals surface area contributed by atoms with Crippen LogP contribution in [-0.2, 0) is 0 Å². The Labute approximate surface area is 109 Å². The fraction of sp³-hybridized carbons (Fsp3) is 0.375. The summed E-state index contributed by atoms with van der Waals surface area (Å²) in [6.07, 6.45) is 1.02. The van der Waals surface area contributed by atoms with Gasteiger partial charge in [0.05, 0.1) is 6.04 Å². The van der Waals surface area contributed by atoms with Crippen molar-refractivity contribution in [3.05, 3.63) is 47.2 Å². The maximum absolute atomic E-state index is 5.99. The highest BCUT2D eigenvalue weighted by Gasteiger charge is 2.13. The Morgan fingerprint density at radius 3 is 2.61 bits per heavy atom. The van der Waals surface area contributed by atoms with Crippen LogP contribution in [0.1, 0.15) is 36.3 Å². The van der Waals surface area contributed by atoms with Gasteiger partial charge in [0, 0.05) is 5.56 Å². The van der Waals surface area contributed by atoms with Crippen LogP contribution in [0.5, 0.6) is 0 Å². The van der Waals surface area contributed by atoms with Crippen molar-refractivity contribution in [1.82, 2.24) is 5.32 Å². The predicted molar refractivity (Wildman–Crippen MR) is 75.7 cm³/mol. The van der Waals surface area contributed by atoms with Gasteiger partial charge >= 0.3 is 0 Å². The Bertz CT molecular complexity index is 524. The Morgan fingerprint density at radius 2 is 1.94 bits per heavy atom. The van der Waals surface area contributed by atoms with E-state index in [1.807, 2.05) is 7.05 Å². The second-order valence-electron chi connectivity index (χ2n) is 4.70. The van der Waals surface area contributed by atoms with Crippen molar-refractivity contribution in [2.24, 2.45) is 0 Å². The zero-order chi connectivity index (χ0) is 13.1. The monoisotopic (exact) mass is 243 g/mol. The van der Waals surface area contributed by atoms with E-state index in [9.17, 15) is 0 Å². The fourth-order valence-electron chi connectivity index (χ4n) is 2.25. The average molecular weight is 243 g/mol. The van der Waals surface area contributed by atoms with Gasteiger partial charge in [0.2, 0.25) is 0 Å². The molecule has 0 aliphatic heterocycles. The largest absolute Gasteiger partial charge is 0.459 e. The molecule has 0 radical (unpaired) electrons. The molecule has 0 saturated carbocycles. The predicted octanol–water partition coefficient (Wildman–Crippen LogP) is 4.23. The molecular formula is C16H21NO. The number of hydrogen-bond donors (Lipinski definition) is 1. The smallest absolute Gasteiger partial charge is 0.134 e. The molecule has 1 N–H and O–H groups in total. The molecule has 0 aliphatic carbocycles. The Morgan fingerprint density at radius 1 is 1.17 bits per heavy atom. The summed E-state index contributed by atoms with van der Waals surface area (Å²) in [5, 5.41) is 3.27. The summed E-state index contributed by atoms with van der Waals surface area (Å²) in [6, 6.07) is 10.8. The van der Waals surface area contributed by atoms with Crippen LogP contribution in [0.25, 0.3) is 11.3 Å². The Kier molecular flexibility index (Phi) is 3.87. The summed E-state index contributed by atoms with van der Waals surface area (Å²) in [5.41, 5.74) is 3.77. The lowest BCUT2D eigenvalue weighted by atomic mass is 10.0. The molecule has 0 fully saturated rings. The lowest BCUT2D eigenvalue weighted by molar-refractivity contribution is 0.431. The van der Waals surface area contributed by atoms with Gasteiger partial charge in [0.25, 0.3) is 0 Å². The number of aryl methyl sites for hydroxylation is 1. The van der Waals surface area contributed by atoms with Crippen molar-refractivity contribution in [2.75, 3.05) is 7.05 Å². The molecule has 2 aromatic rings. The van der Waals surface area contributed by atoms with Crippen molar-refractivity contribution < 1.29 is 4.42 Å². The number of furan rings is 1. The molecule has 2 rings (SSSR count). The lowest BCUT2D eigenvalue weighted by Gasteiger charge is -2.10. The zero-order valence-electron chi connectivity index (χ0n) is 11.6. The number of nitrogens with one attached hydrogen (secondary N) is 1. The molecule has 0 bridgehead atoms. The van der Waals surface area contributed by atoms with Crippen molar-refractivity contribution >= 4 is 0 Å². The molecule has 18 heavy (non-hydrogen) atoms. The van der Waals surface area contributed by atoms with Gasteiger partial charge in [-0.05, 0) is 50.6 Å². The van der Waals surface area contributed by atoms with Crippen LogP contribution in [0, 0.1) is 13.8 Å². The first-order chi connectivity index (χ1) is 8.67. The molecule has 1 aromatic heterocycles. The quantitative estimate of drug-likeness (QED) is 0.869. The van der Waals surface area contributed by atoms with E-state index in [1.54, 1.807) is 0 Å². The van der Waals surface area contributed by atoms with E-state index in [1.165, 1.54) is 16.7 Å². The molecule has 1 atom stereocenters. The van der Waals surface area contributed by atoms with Crippen molar-refractivity contribution in [3.8, 4) is 11.3 Å². The third-order valence-corrected chi connectivity index (χ3v) is 3.60. The van der Waals surface area contributed by atoms with E-state index in [2.05, 4.69) is 56.4 Å². The molecule has 0 amide bonds. The highest BCUT2D eigenvalue weighted by atomic mass is 16.3. The highest BCUT2D eigenvalue weighted by Crippen LogP contribution is 2.29. The van der Waals surface area contributed by atoms with Crippen LogP contribution in [0.4, 0.5) is 0 Å². The van der Waals surface area contributed by atoms with Gasteiger partial charge in [-0.1, -0.05) is 25.1 Å². The van der Waals surface area contributed by atoms with Crippen molar-refractivity contribution in [3.63, 3.8) is 0 Å². The first-order valence-corrected chi connectivity index (χ1v) is 6.51. The average Bonchev–Trinajstić information content (AvgIpc) is 2.84. The van der Waals surface area contributed by atoms with Gasteiger partial charge in [-0.2, -0.15) is 0 Å². The highest BCUT2D eigenvalue weighted by molar-refractivity contribution is 5.63. The van der Waals surface area contributed by atoms with Crippen LogP contribution >= 0.6 is 0 Å². The van der Waals surface area contributed by atoms with Gasteiger partial charge in [-0.25, -0.2) is 0 Å². The van der Waals surface area contributed by atoms with Crippen molar-refractivity contribution in [2.45, 2.75) is 33.2 Å². The zero-order valence-corrected chi connectivity index (χ0v) is 11.6. The van der Waals surface area contributed by atoms with E-state index in [0.29, 0.717) is 6.04 Å². The third kappa shape index (κ3) is 2.34. The maximum atomic E-state index is 5.99. The normalized spacial score (nSPS) is 12.7. The lowest BCUT2D eigenvalue weighted by Crippen LogP contribution is -2.14. The van der Waals surface area contributed by atoms with Crippen LogP contribution in [0.2, 0.25) is 0 Å². The van der Waals surface area contributed by atoms with Gasteiger partial charge < -0.3 is 9.73 Å². The molecule has 1 heterocycles. The molecule has 0 spiro atoms. The Balaban J connectivity index is 2.38. The maximum Gasteiger partial charge on any atom is 0.134 e. The minimum atomic E-state index is 0.295. The van der Waals surface area contributed by atoms with Gasteiger partial charge in [0.1, 0.15) is 11.5 Å². The van der Waals surface area contributed by atoms with E-state index >= 15 is 0 Å². The first kappa shape index (κ1) is 12.9. The number of hydrogen-bond acceptors (Lipinski definition) is 2. The minimum absolute atomic E-state index is 0.295. The van der Waals surface area contributed by atoms with Crippen LogP contribution in [-0.4, -0.2) is 7.05 Å². The molecular weight excluding hydrogens is 222 g/mol. The second kappa shape index (κ2) is 5.40. The number of benzene rings is 1. The van der Waals surface area contributed by atoms with Gasteiger partial charge in [0.15, 0.2) is 0 Å². The van der Waals surface area contributed by atoms with Crippen molar-refractivity contribution in [1.29, 1.82) is 0 Å². The summed E-state index contributed by atoms with van der Waals surface area (Å²) in [4.78, 5) is 0. The summed E-state index contributed by atoms with van der Waals surface area (Å²) in [5.74, 6) is 1.97. The van der Waals surface area contributed by atoms with E-state index in [0.717, 1.165) is 17.9 Å². The fourth-order valence-corrected chi connectivity index (χ4v) is 2.25. The minimum Gasteiger partial charge on any atom is -0.459 e. The van der Waals surface area contributed by atoms with E-state index in [-0.39, 0.29) is 0 Å². The molecule has 96 valence electrons. The summed E-state index contributed by atoms with van der Waals surface area (Å²) < 4.78 is 5.99. The number of rotatable bonds is 4. The molecule has 2 heteroatoms. The van der Waals surface area contributed by atoms with Crippen LogP contribution < -0.4 is 5.32 Å². The summed E-state index contributed by atoms with van der Waals surface area (Å²) in [6.45, 7) is 6.43. The van der Waals surface area contributed by atoms with Crippen LogP contribution in [0.15, 0.2) is 34.7 Å². The summed E-state index contributed by atoms with van der Waals surface area (Å²) >= 11 is 0. The second-order valence-corrected chi connectivity index (χ2v) is 4.70. The first-order valence-electron chi connectivity index (χ1n) is 6.51. The molecule has 1 unspecified atom stereocenters. The topological polar surface area (TPSA) is 25.2 Å². The molecule has 0 aliphatic rings. The van der Waals surface area contributed by atoms with E-state index < -0.39 is 0 Å². The molecule has 0 saturated heterocycles. The molecule has 2 nitrogen and oxygen atoms in total. The van der Waals surface area contributed by atoms with Gasteiger partial charge in [-0.3, -0.25) is 0 Å². The SMILES string of the molecule is CCC(NC)c1ccc(-c2cccc(C)c2C)o1. The van der Waals surface area contributed by atoms with Gasteiger partial charge in [-0.15, -0.1) is 0 Å². The standard InChI is InChI=1S/C16H21NO/c1-5-14(17-4)16-10-9-15(18-16)13-8-6-7-11(2)12(13)3/h6-10,14,17H,5H2,1-4H3. The van der Waals surface area contributed by atoms with E-state index in [4.69, 9.17) is 4.42 Å². The molecule has 1 aromatic carbocycles.